The number of carbonyl (C=O) groups is 4. The molecule has 1 fully saturated rings. The molecule has 0 saturated carbocycles. The van der Waals surface area contributed by atoms with E-state index in [0.717, 1.165) is 0 Å². The molecule has 0 aromatic carbocycles. The highest BCUT2D eigenvalue weighted by atomic mass is 16.6. The molecule has 2 rings (SSSR count). The van der Waals surface area contributed by atoms with Crippen molar-refractivity contribution in [2.24, 2.45) is 0 Å². The van der Waals surface area contributed by atoms with E-state index in [9.17, 15) is 19.2 Å². The summed E-state index contributed by atoms with van der Waals surface area (Å²) in [6.07, 6.45) is 1.53. The average molecular weight is 786 g/mol. The van der Waals surface area contributed by atoms with E-state index in [1.54, 1.807) is 0 Å². The van der Waals surface area contributed by atoms with Crippen molar-refractivity contribution in [2.75, 3.05) is 112 Å². The van der Waals surface area contributed by atoms with Crippen molar-refractivity contribution in [2.45, 2.75) is 92.3 Å². The van der Waals surface area contributed by atoms with Crippen molar-refractivity contribution in [1.82, 2.24) is 34.6 Å². The molecule has 0 aliphatic carbocycles. The van der Waals surface area contributed by atoms with E-state index >= 15 is 0 Å². The number of hydrogen-bond donors (Lipinski definition) is 1. The quantitative estimate of drug-likeness (QED) is 0.119. The lowest BCUT2D eigenvalue weighted by Gasteiger charge is -2.34. The first kappa shape index (κ1) is 47.9. The van der Waals surface area contributed by atoms with Crippen LogP contribution < -0.4 is 0 Å². The number of hydrogen-bond acceptors (Lipinski definition) is 16. The zero-order valence-electron chi connectivity index (χ0n) is 34.7. The molecule has 1 saturated heterocycles. The van der Waals surface area contributed by atoms with Gasteiger partial charge in [0, 0.05) is 58.9 Å². The molecule has 316 valence electrons. The Morgan fingerprint density at radius 3 is 1.31 bits per heavy atom. The Labute approximate surface area is 326 Å². The fourth-order valence-electron chi connectivity index (χ4n) is 5.38. The molecule has 1 aliphatic rings. The summed E-state index contributed by atoms with van der Waals surface area (Å²) in [6, 6.07) is 0. The lowest BCUT2D eigenvalue weighted by atomic mass is 10.2. The fourth-order valence-corrected chi connectivity index (χ4v) is 5.38. The average Bonchev–Trinajstić information content (AvgIpc) is 3.46. The third kappa shape index (κ3) is 24.8. The van der Waals surface area contributed by atoms with Crippen LogP contribution in [-0.2, 0) is 60.8 Å². The summed E-state index contributed by atoms with van der Waals surface area (Å²) < 4.78 is 35.2. The second kappa shape index (κ2) is 23.7. The third-order valence-corrected chi connectivity index (χ3v) is 7.68. The Bertz CT molecular complexity index is 1260. The van der Waals surface area contributed by atoms with Gasteiger partial charge in [0.2, 0.25) is 0 Å². The number of aliphatic carboxylic acids is 1. The number of carboxylic acid groups (broad SMARTS) is 1. The lowest BCUT2D eigenvalue weighted by Crippen LogP contribution is -2.49. The van der Waals surface area contributed by atoms with Gasteiger partial charge in [0.05, 0.1) is 65.5 Å². The Hall–Kier alpha value is -3.26. The predicted molar refractivity (Wildman–Crippen MR) is 202 cm³/mol. The van der Waals surface area contributed by atoms with Gasteiger partial charge in [-0.15, -0.1) is 5.10 Å². The van der Waals surface area contributed by atoms with Crippen molar-refractivity contribution >= 4 is 23.9 Å². The molecule has 0 amide bonds. The largest absolute Gasteiger partial charge is 0.480 e. The van der Waals surface area contributed by atoms with Gasteiger partial charge in [-0.05, 0) is 62.3 Å². The van der Waals surface area contributed by atoms with E-state index in [1.165, 1.54) is 10.9 Å². The van der Waals surface area contributed by atoms with Crippen LogP contribution in [0.1, 0.15) is 68.0 Å². The molecule has 0 atom stereocenters. The zero-order chi connectivity index (χ0) is 41.1. The standard InChI is InChI=1S/C37H67N7O11/c1-35(2,3)53-32(47)26-41-12-10-40(18-19-50-20-21-51-22-23-52-29-30-24-44(39-38-30)25-31(45)46)11-13-42(27-33(48)54-36(4,5)6)15-17-43(16-14-41)28-34(49)55-37(7,8)9/h24H,10-23,25-29H2,1-9H3,(H,45,46). The van der Waals surface area contributed by atoms with Crippen molar-refractivity contribution in [3.63, 3.8) is 0 Å². The molecule has 0 radical (unpaired) electrons. The highest BCUT2D eigenvalue weighted by molar-refractivity contribution is 5.73. The fraction of sp³-hybridized carbons (Fsp3) is 0.838. The van der Waals surface area contributed by atoms with Gasteiger partial charge in [0.1, 0.15) is 29.0 Å². The number of nitrogens with zero attached hydrogens (tertiary/aromatic N) is 7. The molecular formula is C37H67N7O11. The van der Waals surface area contributed by atoms with Crippen LogP contribution in [0, 0.1) is 0 Å². The van der Waals surface area contributed by atoms with Crippen LogP contribution in [0.15, 0.2) is 6.20 Å². The van der Waals surface area contributed by atoms with Crippen LogP contribution in [0.5, 0.6) is 0 Å². The molecule has 55 heavy (non-hydrogen) atoms. The monoisotopic (exact) mass is 785 g/mol. The van der Waals surface area contributed by atoms with E-state index in [1.807, 2.05) is 67.2 Å². The summed E-state index contributed by atoms with van der Waals surface area (Å²) in [5.41, 5.74) is -1.32. The summed E-state index contributed by atoms with van der Waals surface area (Å²) >= 11 is 0. The number of carbonyl (C=O) groups excluding carboxylic acids is 3. The van der Waals surface area contributed by atoms with E-state index in [2.05, 4.69) is 25.0 Å². The van der Waals surface area contributed by atoms with Crippen LogP contribution in [0.2, 0.25) is 0 Å². The molecule has 0 unspecified atom stereocenters. The molecule has 1 aromatic heterocycles. The number of carboxylic acids is 1. The van der Waals surface area contributed by atoms with Crippen molar-refractivity contribution < 1.29 is 52.7 Å². The topological polar surface area (TPSA) is 188 Å². The van der Waals surface area contributed by atoms with Gasteiger partial charge in [-0.1, -0.05) is 5.21 Å². The summed E-state index contributed by atoms with van der Waals surface area (Å²) in [6.45, 7) is 23.8. The maximum atomic E-state index is 12.9. The van der Waals surface area contributed by atoms with Gasteiger partial charge in [-0.3, -0.25) is 38.8 Å². The maximum absolute atomic E-state index is 12.9. The number of aromatic nitrogens is 3. The van der Waals surface area contributed by atoms with Gasteiger partial charge in [-0.2, -0.15) is 0 Å². The van der Waals surface area contributed by atoms with Gasteiger partial charge in [0.25, 0.3) is 0 Å². The van der Waals surface area contributed by atoms with Crippen molar-refractivity contribution in [3.8, 4) is 0 Å². The third-order valence-electron chi connectivity index (χ3n) is 7.68. The van der Waals surface area contributed by atoms with Crippen molar-refractivity contribution in [1.29, 1.82) is 0 Å². The van der Waals surface area contributed by atoms with Crippen molar-refractivity contribution in [3.05, 3.63) is 11.9 Å². The first-order valence-electron chi connectivity index (χ1n) is 19.0. The molecule has 2 heterocycles. The molecule has 18 heteroatoms. The molecule has 1 N–H and O–H groups in total. The predicted octanol–water partition coefficient (Wildman–Crippen LogP) is 1.16. The molecular weight excluding hydrogens is 718 g/mol. The second-order valence-corrected chi connectivity index (χ2v) is 16.5. The Morgan fingerprint density at radius 2 is 0.927 bits per heavy atom. The van der Waals surface area contributed by atoms with E-state index in [-0.39, 0.29) is 50.7 Å². The van der Waals surface area contributed by atoms with E-state index in [0.29, 0.717) is 97.6 Å². The van der Waals surface area contributed by atoms with Gasteiger partial charge >= 0.3 is 23.9 Å². The molecule has 1 aliphatic heterocycles. The SMILES string of the molecule is CC(C)(C)OC(=O)CN1CCN(CCOCCOCCOCc2cn(CC(=O)O)nn2)CCN(CC(=O)OC(C)(C)C)CCN(CC(=O)OC(C)(C)C)CC1. The normalized spacial score (nSPS) is 16.6. The lowest BCUT2D eigenvalue weighted by molar-refractivity contribution is -0.158. The molecule has 1 aromatic rings. The minimum atomic E-state index is -0.999. The highest BCUT2D eigenvalue weighted by Gasteiger charge is 2.25. The van der Waals surface area contributed by atoms with Gasteiger partial charge in [-0.25, -0.2) is 4.68 Å². The van der Waals surface area contributed by atoms with E-state index in [4.69, 9.17) is 33.5 Å². The van der Waals surface area contributed by atoms with Crippen LogP contribution in [-0.4, -0.2) is 192 Å². The van der Waals surface area contributed by atoms with E-state index < -0.39 is 22.8 Å². The number of rotatable bonds is 19. The first-order chi connectivity index (χ1) is 25.7. The number of ether oxygens (including phenoxy) is 6. The van der Waals surface area contributed by atoms with Crippen LogP contribution in [0.4, 0.5) is 0 Å². The van der Waals surface area contributed by atoms with Crippen LogP contribution in [0.25, 0.3) is 0 Å². The summed E-state index contributed by atoms with van der Waals surface area (Å²) in [7, 11) is 0. The second-order valence-electron chi connectivity index (χ2n) is 16.5. The maximum Gasteiger partial charge on any atom is 0.325 e. The van der Waals surface area contributed by atoms with Crippen LogP contribution >= 0.6 is 0 Å². The van der Waals surface area contributed by atoms with Crippen LogP contribution in [0.3, 0.4) is 0 Å². The number of esters is 3. The highest BCUT2D eigenvalue weighted by Crippen LogP contribution is 2.11. The molecule has 0 bridgehead atoms. The smallest absolute Gasteiger partial charge is 0.325 e. The van der Waals surface area contributed by atoms with Gasteiger partial charge < -0.3 is 33.5 Å². The summed E-state index contributed by atoms with van der Waals surface area (Å²) in [5, 5.41) is 16.5. The molecule has 0 spiro atoms. The summed E-state index contributed by atoms with van der Waals surface area (Å²) in [4.78, 5) is 57.9. The first-order valence-corrected chi connectivity index (χ1v) is 19.0. The minimum absolute atomic E-state index is 0.0815. The zero-order valence-corrected chi connectivity index (χ0v) is 34.7. The Kier molecular flexibility index (Phi) is 20.7. The van der Waals surface area contributed by atoms with Gasteiger partial charge in [0.15, 0.2) is 0 Å². The minimum Gasteiger partial charge on any atom is -0.480 e. The Morgan fingerprint density at radius 1 is 0.564 bits per heavy atom. The molecule has 18 nitrogen and oxygen atoms in total. The Balaban J connectivity index is 1.98. The summed E-state index contributed by atoms with van der Waals surface area (Å²) in [5.74, 6) is -1.96.